The van der Waals surface area contributed by atoms with Crippen molar-refractivity contribution in [2.24, 2.45) is 0 Å². The van der Waals surface area contributed by atoms with Crippen LogP contribution in [0.15, 0.2) is 48.5 Å². The molecular weight excluding hydrogens is 322 g/mol. The number of hydrogen-bond acceptors (Lipinski definition) is 3. The van der Waals surface area contributed by atoms with E-state index in [1.165, 1.54) is 0 Å². The van der Waals surface area contributed by atoms with Gasteiger partial charge in [-0.25, -0.2) is 0 Å². The monoisotopic (exact) mass is 343 g/mol. The number of aliphatic hydroxyl groups is 1. The van der Waals surface area contributed by atoms with E-state index in [0.29, 0.717) is 17.7 Å². The van der Waals surface area contributed by atoms with Gasteiger partial charge in [-0.1, -0.05) is 36.4 Å². The number of hydrogen-bond donors (Lipinski definition) is 2. The molecule has 2 N–H and O–H groups in total. The van der Waals surface area contributed by atoms with Crippen LogP contribution >= 0.6 is 0 Å². The fourth-order valence-corrected chi connectivity index (χ4v) is 3.87. The van der Waals surface area contributed by atoms with Gasteiger partial charge in [0.2, 0.25) is 0 Å². The average Bonchev–Trinajstić information content (AvgIpc) is 2.90. The van der Waals surface area contributed by atoms with E-state index in [1.54, 1.807) is 24.5 Å². The zero-order valence-electron chi connectivity index (χ0n) is 13.6. The van der Waals surface area contributed by atoms with Gasteiger partial charge in [-0.2, -0.15) is 0 Å². The summed E-state index contributed by atoms with van der Waals surface area (Å²) in [5.41, 5.74) is 2.43. The minimum atomic E-state index is -1.01. The summed E-state index contributed by atoms with van der Waals surface area (Å²) in [7, 11) is -0.947. The van der Waals surface area contributed by atoms with Crippen LogP contribution in [0.3, 0.4) is 0 Å². The van der Waals surface area contributed by atoms with Crippen molar-refractivity contribution in [2.45, 2.75) is 24.2 Å². The Morgan fingerprint density at radius 2 is 2.04 bits per heavy atom. The SMILES string of the molecule is CS(=O)Cc1cccc(C(=O)NCC2(O)CCc3ccccc32)c1. The van der Waals surface area contributed by atoms with E-state index in [9.17, 15) is 14.1 Å². The molecule has 0 radical (unpaired) electrons. The number of rotatable bonds is 5. The zero-order chi connectivity index (χ0) is 17.2. The van der Waals surface area contributed by atoms with Crippen molar-refractivity contribution in [3.63, 3.8) is 0 Å². The fraction of sp³-hybridized carbons (Fsp3) is 0.316. The smallest absolute Gasteiger partial charge is 0.251 e. The highest BCUT2D eigenvalue weighted by Crippen LogP contribution is 2.36. The molecule has 1 amide bonds. The first-order valence-electron chi connectivity index (χ1n) is 7.96. The molecular formula is C19H21NO3S. The molecule has 0 saturated carbocycles. The van der Waals surface area contributed by atoms with E-state index in [0.717, 1.165) is 23.1 Å². The minimum Gasteiger partial charge on any atom is -0.383 e. The molecule has 24 heavy (non-hydrogen) atoms. The third kappa shape index (κ3) is 3.57. The van der Waals surface area contributed by atoms with Gasteiger partial charge in [0, 0.05) is 28.4 Å². The first kappa shape index (κ1) is 16.9. The molecule has 0 saturated heterocycles. The molecule has 1 aliphatic rings. The summed E-state index contributed by atoms with van der Waals surface area (Å²) >= 11 is 0. The van der Waals surface area contributed by atoms with Crippen LogP contribution in [-0.2, 0) is 28.6 Å². The van der Waals surface area contributed by atoms with Gasteiger partial charge in [-0.15, -0.1) is 0 Å². The summed E-state index contributed by atoms with van der Waals surface area (Å²) in [6.07, 6.45) is 3.07. The highest BCUT2D eigenvalue weighted by atomic mass is 32.2. The fourth-order valence-electron chi connectivity index (χ4n) is 3.22. The van der Waals surface area contributed by atoms with Crippen LogP contribution in [0.4, 0.5) is 0 Å². The number of benzene rings is 2. The number of carbonyl (C=O) groups excluding carboxylic acids is 1. The summed E-state index contributed by atoms with van der Waals surface area (Å²) < 4.78 is 11.3. The second-order valence-electron chi connectivity index (χ2n) is 6.29. The molecule has 0 spiro atoms. The number of carbonyl (C=O) groups is 1. The number of amides is 1. The predicted octanol–water partition coefficient (Wildman–Crippen LogP) is 2.13. The van der Waals surface area contributed by atoms with Crippen molar-refractivity contribution in [1.82, 2.24) is 5.32 Å². The Balaban J connectivity index is 1.69. The van der Waals surface area contributed by atoms with Crippen molar-refractivity contribution in [3.05, 3.63) is 70.8 Å². The molecule has 0 fully saturated rings. The summed E-state index contributed by atoms with van der Waals surface area (Å²) in [6, 6.07) is 14.9. The highest BCUT2D eigenvalue weighted by Gasteiger charge is 2.36. The standard InChI is InChI=1S/C19H21NO3S/c1-24(23)12-14-5-4-7-16(11-14)18(21)20-13-19(22)10-9-15-6-2-3-8-17(15)19/h2-8,11,22H,9-10,12-13H2,1H3,(H,20,21). The summed E-state index contributed by atoms with van der Waals surface area (Å²) in [5, 5.41) is 13.7. The van der Waals surface area contributed by atoms with Crippen molar-refractivity contribution in [1.29, 1.82) is 0 Å². The minimum absolute atomic E-state index is 0.187. The first-order chi connectivity index (χ1) is 11.5. The zero-order valence-corrected chi connectivity index (χ0v) is 14.4. The Morgan fingerprint density at radius 3 is 2.83 bits per heavy atom. The second-order valence-corrected chi connectivity index (χ2v) is 7.72. The van der Waals surface area contributed by atoms with Crippen LogP contribution in [0.25, 0.3) is 0 Å². The first-order valence-corrected chi connectivity index (χ1v) is 9.68. The van der Waals surface area contributed by atoms with Gasteiger partial charge < -0.3 is 10.4 Å². The maximum Gasteiger partial charge on any atom is 0.251 e. The number of nitrogens with one attached hydrogen (secondary N) is 1. The van der Waals surface area contributed by atoms with Crippen LogP contribution in [0.1, 0.15) is 33.5 Å². The van der Waals surface area contributed by atoms with Gasteiger partial charge in [0.15, 0.2) is 0 Å². The van der Waals surface area contributed by atoms with Crippen molar-refractivity contribution in [2.75, 3.05) is 12.8 Å². The molecule has 1 aliphatic carbocycles. The molecule has 4 nitrogen and oxygen atoms in total. The second kappa shape index (κ2) is 6.87. The summed E-state index contributed by atoms with van der Waals surface area (Å²) in [4.78, 5) is 12.4. The molecule has 3 rings (SSSR count). The van der Waals surface area contributed by atoms with Crippen LogP contribution in [0.5, 0.6) is 0 Å². The molecule has 0 aliphatic heterocycles. The third-order valence-corrected chi connectivity index (χ3v) is 5.17. The molecule has 2 aromatic carbocycles. The molecule has 2 unspecified atom stereocenters. The van der Waals surface area contributed by atoms with E-state index in [-0.39, 0.29) is 12.5 Å². The Hall–Kier alpha value is -1.98. The highest BCUT2D eigenvalue weighted by molar-refractivity contribution is 7.83. The predicted molar refractivity (Wildman–Crippen MR) is 95.2 cm³/mol. The van der Waals surface area contributed by atoms with E-state index in [4.69, 9.17) is 0 Å². The molecule has 2 aromatic rings. The largest absolute Gasteiger partial charge is 0.383 e. The number of aryl methyl sites for hydroxylation is 1. The van der Waals surface area contributed by atoms with Crippen LogP contribution < -0.4 is 5.32 Å². The normalized spacial score (nSPS) is 20.4. The maximum absolute atomic E-state index is 12.4. The topological polar surface area (TPSA) is 66.4 Å². The third-order valence-electron chi connectivity index (χ3n) is 4.43. The molecule has 0 aromatic heterocycles. The lowest BCUT2D eigenvalue weighted by atomic mass is 9.96. The molecule has 0 heterocycles. The van der Waals surface area contributed by atoms with E-state index in [1.807, 2.05) is 30.3 Å². The van der Waals surface area contributed by atoms with E-state index in [2.05, 4.69) is 5.32 Å². The lowest BCUT2D eigenvalue weighted by Gasteiger charge is -2.24. The maximum atomic E-state index is 12.4. The molecule has 0 bridgehead atoms. The number of fused-ring (bicyclic) bond motifs is 1. The van der Waals surface area contributed by atoms with Gasteiger partial charge in [0.1, 0.15) is 5.60 Å². The Morgan fingerprint density at radius 1 is 1.25 bits per heavy atom. The van der Waals surface area contributed by atoms with Gasteiger partial charge in [0.25, 0.3) is 5.91 Å². The Kier molecular flexibility index (Phi) is 4.83. The van der Waals surface area contributed by atoms with Gasteiger partial charge >= 0.3 is 0 Å². The van der Waals surface area contributed by atoms with Gasteiger partial charge in [-0.3, -0.25) is 9.00 Å². The van der Waals surface area contributed by atoms with Crippen LogP contribution in [0.2, 0.25) is 0 Å². The van der Waals surface area contributed by atoms with Crippen LogP contribution in [-0.4, -0.2) is 28.0 Å². The Labute approximate surface area is 144 Å². The van der Waals surface area contributed by atoms with Crippen molar-refractivity contribution < 1.29 is 14.1 Å². The summed E-state index contributed by atoms with van der Waals surface area (Å²) in [6.45, 7) is 0.187. The lowest BCUT2D eigenvalue weighted by Crippen LogP contribution is -2.39. The van der Waals surface area contributed by atoms with Gasteiger partial charge in [0.05, 0.1) is 6.54 Å². The molecule has 2 atom stereocenters. The van der Waals surface area contributed by atoms with Crippen molar-refractivity contribution >= 4 is 16.7 Å². The molecule has 126 valence electrons. The Bertz CT molecular complexity index is 790. The lowest BCUT2D eigenvalue weighted by molar-refractivity contribution is 0.0369. The average molecular weight is 343 g/mol. The van der Waals surface area contributed by atoms with Crippen LogP contribution in [0, 0.1) is 0 Å². The van der Waals surface area contributed by atoms with E-state index >= 15 is 0 Å². The van der Waals surface area contributed by atoms with Crippen molar-refractivity contribution in [3.8, 4) is 0 Å². The van der Waals surface area contributed by atoms with Gasteiger partial charge in [-0.05, 0) is 41.7 Å². The molecule has 5 heteroatoms. The quantitative estimate of drug-likeness (QED) is 0.874. The van der Waals surface area contributed by atoms with E-state index < -0.39 is 16.4 Å². The summed E-state index contributed by atoms with van der Waals surface area (Å²) in [5.74, 6) is 0.204.